The molecule has 2 aromatic heterocycles. The maximum Gasteiger partial charge on any atom is 0.225 e. The normalized spacial score (nSPS) is 28.0. The third-order valence-electron chi connectivity index (χ3n) is 6.87. The highest BCUT2D eigenvalue weighted by Gasteiger charge is 2.44. The van der Waals surface area contributed by atoms with Crippen LogP contribution in [-0.2, 0) is 9.53 Å². The summed E-state index contributed by atoms with van der Waals surface area (Å²) in [6.07, 6.45) is 4.97. The van der Waals surface area contributed by atoms with E-state index in [1.807, 2.05) is 32.2 Å². The summed E-state index contributed by atoms with van der Waals surface area (Å²) in [7, 11) is 0. The van der Waals surface area contributed by atoms with Gasteiger partial charge < -0.3 is 15.0 Å². The fourth-order valence-corrected chi connectivity index (χ4v) is 5.25. The molecule has 158 valence electrons. The number of nitrogens with one attached hydrogen (secondary N) is 1. The second kappa shape index (κ2) is 7.95. The summed E-state index contributed by atoms with van der Waals surface area (Å²) in [6.45, 7) is 7.06. The third kappa shape index (κ3) is 3.67. The van der Waals surface area contributed by atoms with Gasteiger partial charge in [-0.05, 0) is 63.1 Å². The number of pyridine rings is 1. The third-order valence-corrected chi connectivity index (χ3v) is 6.87. The molecule has 0 spiro atoms. The van der Waals surface area contributed by atoms with Gasteiger partial charge in [-0.3, -0.25) is 9.78 Å². The minimum Gasteiger partial charge on any atom is -0.381 e. The van der Waals surface area contributed by atoms with E-state index in [0.717, 1.165) is 60.9 Å². The van der Waals surface area contributed by atoms with Gasteiger partial charge in [-0.1, -0.05) is 0 Å². The number of amides is 1. The van der Waals surface area contributed by atoms with Crippen molar-refractivity contribution < 1.29 is 9.53 Å². The van der Waals surface area contributed by atoms with Gasteiger partial charge in [-0.2, -0.15) is 0 Å². The van der Waals surface area contributed by atoms with Crippen LogP contribution in [0.2, 0.25) is 0 Å². The highest BCUT2D eigenvalue weighted by molar-refractivity contribution is 5.79. The van der Waals surface area contributed by atoms with Crippen molar-refractivity contribution in [2.75, 3.05) is 31.2 Å². The van der Waals surface area contributed by atoms with Crippen LogP contribution in [-0.4, -0.2) is 53.2 Å². The predicted octanol–water partition coefficient (Wildman–Crippen LogP) is 2.52. The van der Waals surface area contributed by atoms with Gasteiger partial charge in [-0.15, -0.1) is 0 Å². The SMILES string of the molecule is Cc1ccc(-c2ccnc(N3C[C@H]4CC[C@@H](C3)C4NC(=O)C3CCOC3)n2)c(C)n1. The van der Waals surface area contributed by atoms with Gasteiger partial charge in [0, 0.05) is 48.9 Å². The van der Waals surface area contributed by atoms with E-state index in [1.54, 1.807) is 0 Å². The summed E-state index contributed by atoms with van der Waals surface area (Å²) in [5.74, 6) is 1.87. The average Bonchev–Trinajstić information content (AvgIpc) is 3.34. The minimum absolute atomic E-state index is 0.0220. The lowest BCUT2D eigenvalue weighted by molar-refractivity contribution is -0.126. The molecule has 7 nitrogen and oxygen atoms in total. The molecule has 7 heteroatoms. The molecule has 1 N–H and O–H groups in total. The van der Waals surface area contributed by atoms with E-state index in [2.05, 4.69) is 26.3 Å². The van der Waals surface area contributed by atoms with E-state index < -0.39 is 0 Å². The quantitative estimate of drug-likeness (QED) is 0.839. The van der Waals surface area contributed by atoms with Crippen molar-refractivity contribution in [2.45, 2.75) is 39.2 Å². The molecule has 2 bridgehead atoms. The first-order valence-electron chi connectivity index (χ1n) is 11.0. The van der Waals surface area contributed by atoms with Crippen molar-refractivity contribution in [3.05, 3.63) is 35.8 Å². The Kier molecular flexibility index (Phi) is 5.15. The zero-order valence-corrected chi connectivity index (χ0v) is 17.7. The molecule has 1 amide bonds. The number of carbonyl (C=O) groups is 1. The van der Waals surface area contributed by atoms with Crippen LogP contribution in [0, 0.1) is 31.6 Å². The molecule has 0 aromatic carbocycles. The number of ether oxygens (including phenoxy) is 1. The molecule has 3 aliphatic rings. The van der Waals surface area contributed by atoms with E-state index in [0.29, 0.717) is 25.0 Å². The number of rotatable bonds is 4. The van der Waals surface area contributed by atoms with Crippen LogP contribution in [0.1, 0.15) is 30.7 Å². The maximum absolute atomic E-state index is 12.6. The second-order valence-corrected chi connectivity index (χ2v) is 8.92. The van der Waals surface area contributed by atoms with Crippen LogP contribution >= 0.6 is 0 Å². The monoisotopic (exact) mass is 407 g/mol. The molecule has 1 aliphatic carbocycles. The smallest absolute Gasteiger partial charge is 0.225 e. The predicted molar refractivity (Wildman–Crippen MR) is 114 cm³/mol. The molecule has 2 saturated heterocycles. The Morgan fingerprint density at radius 1 is 1.10 bits per heavy atom. The Labute approximate surface area is 177 Å². The Hall–Kier alpha value is -2.54. The Balaban J connectivity index is 1.31. The summed E-state index contributed by atoms with van der Waals surface area (Å²) < 4.78 is 5.38. The van der Waals surface area contributed by atoms with E-state index in [-0.39, 0.29) is 17.9 Å². The number of hydrogen-bond acceptors (Lipinski definition) is 6. The number of aromatic nitrogens is 3. The average molecular weight is 408 g/mol. The lowest BCUT2D eigenvalue weighted by atomic mass is 9.91. The van der Waals surface area contributed by atoms with Crippen molar-refractivity contribution in [1.82, 2.24) is 20.3 Å². The second-order valence-electron chi connectivity index (χ2n) is 8.92. The highest BCUT2D eigenvalue weighted by atomic mass is 16.5. The van der Waals surface area contributed by atoms with E-state index in [4.69, 9.17) is 9.72 Å². The molecule has 30 heavy (non-hydrogen) atoms. The lowest BCUT2D eigenvalue weighted by Crippen LogP contribution is -2.54. The topological polar surface area (TPSA) is 80.2 Å². The van der Waals surface area contributed by atoms with Crippen LogP contribution < -0.4 is 10.2 Å². The van der Waals surface area contributed by atoms with Gasteiger partial charge in [0.25, 0.3) is 0 Å². The van der Waals surface area contributed by atoms with Gasteiger partial charge in [0.05, 0.1) is 18.2 Å². The summed E-state index contributed by atoms with van der Waals surface area (Å²) in [5, 5.41) is 3.35. The first-order valence-corrected chi connectivity index (χ1v) is 11.0. The van der Waals surface area contributed by atoms with Gasteiger partial charge >= 0.3 is 0 Å². The van der Waals surface area contributed by atoms with Crippen LogP contribution in [0.5, 0.6) is 0 Å². The Morgan fingerprint density at radius 3 is 2.60 bits per heavy atom. The molecular weight excluding hydrogens is 378 g/mol. The Morgan fingerprint density at radius 2 is 1.90 bits per heavy atom. The van der Waals surface area contributed by atoms with Crippen molar-refractivity contribution in [3.8, 4) is 11.3 Å². The Bertz CT molecular complexity index is 929. The van der Waals surface area contributed by atoms with E-state index in [1.165, 1.54) is 0 Å². The van der Waals surface area contributed by atoms with Crippen molar-refractivity contribution >= 4 is 11.9 Å². The molecule has 2 aliphatic heterocycles. The molecule has 3 fully saturated rings. The summed E-state index contributed by atoms with van der Waals surface area (Å²) in [4.78, 5) is 28.9. The molecule has 1 saturated carbocycles. The highest BCUT2D eigenvalue weighted by Crippen LogP contribution is 2.38. The van der Waals surface area contributed by atoms with Crippen LogP contribution in [0.15, 0.2) is 24.4 Å². The lowest BCUT2D eigenvalue weighted by Gasteiger charge is -2.38. The van der Waals surface area contributed by atoms with E-state index in [9.17, 15) is 4.79 Å². The van der Waals surface area contributed by atoms with Gasteiger partial charge in [0.2, 0.25) is 11.9 Å². The van der Waals surface area contributed by atoms with Gasteiger partial charge in [-0.25, -0.2) is 9.97 Å². The molecule has 2 aromatic rings. The van der Waals surface area contributed by atoms with Crippen molar-refractivity contribution in [3.63, 3.8) is 0 Å². The first-order chi connectivity index (χ1) is 14.6. The maximum atomic E-state index is 12.6. The summed E-state index contributed by atoms with van der Waals surface area (Å²) in [5.41, 5.74) is 3.95. The van der Waals surface area contributed by atoms with Crippen LogP contribution in [0.25, 0.3) is 11.3 Å². The van der Waals surface area contributed by atoms with Crippen molar-refractivity contribution in [1.29, 1.82) is 0 Å². The standard InChI is InChI=1S/C23H29N5O2/c1-14-3-6-19(15(2)25-14)20-7-9-24-23(26-20)28-11-16-4-5-17(12-28)21(16)27-22(29)18-8-10-30-13-18/h3,6-7,9,16-18,21H,4-5,8,10-13H2,1-2H3,(H,27,29)/t16-,17+,18?,21?. The molecule has 4 heterocycles. The van der Waals surface area contributed by atoms with E-state index >= 15 is 0 Å². The fraction of sp³-hybridized carbons (Fsp3) is 0.565. The zero-order valence-electron chi connectivity index (χ0n) is 17.7. The largest absolute Gasteiger partial charge is 0.381 e. The number of carbonyl (C=O) groups excluding carboxylic acids is 1. The van der Waals surface area contributed by atoms with Gasteiger partial charge in [0.15, 0.2) is 0 Å². The number of fused-ring (bicyclic) bond motifs is 2. The molecule has 4 atom stereocenters. The first kappa shape index (κ1) is 19.4. The van der Waals surface area contributed by atoms with Crippen molar-refractivity contribution in [2.24, 2.45) is 17.8 Å². The molecular formula is C23H29N5O2. The summed E-state index contributed by atoms with van der Waals surface area (Å²) >= 11 is 0. The number of piperidine rings is 1. The fourth-order valence-electron chi connectivity index (χ4n) is 5.25. The minimum atomic E-state index is 0.0220. The summed E-state index contributed by atoms with van der Waals surface area (Å²) in [6, 6.07) is 6.32. The molecule has 0 radical (unpaired) electrons. The number of hydrogen-bond donors (Lipinski definition) is 1. The number of nitrogens with zero attached hydrogens (tertiary/aromatic N) is 4. The van der Waals surface area contributed by atoms with Crippen LogP contribution in [0.3, 0.4) is 0 Å². The number of anilines is 1. The molecule has 5 rings (SSSR count). The van der Waals surface area contributed by atoms with Gasteiger partial charge in [0.1, 0.15) is 0 Å². The molecule has 2 unspecified atom stereocenters. The number of aryl methyl sites for hydroxylation is 2. The zero-order chi connectivity index (χ0) is 20.7. The van der Waals surface area contributed by atoms with Crippen LogP contribution in [0.4, 0.5) is 5.95 Å².